The number of piperazine rings is 1. The van der Waals surface area contributed by atoms with E-state index in [1.54, 1.807) is 23.0 Å². The average molecular weight is 477 g/mol. The molecule has 0 atom stereocenters. The van der Waals surface area contributed by atoms with E-state index in [1.807, 2.05) is 6.07 Å². The van der Waals surface area contributed by atoms with Crippen molar-refractivity contribution in [3.63, 3.8) is 0 Å². The van der Waals surface area contributed by atoms with Crippen molar-refractivity contribution >= 4 is 44.4 Å². The number of anilines is 2. The van der Waals surface area contributed by atoms with E-state index in [2.05, 4.69) is 46.3 Å². The minimum Gasteiger partial charge on any atom is -0.330 e. The Morgan fingerprint density at radius 2 is 1.90 bits per heavy atom. The molecule has 0 spiro atoms. The maximum atomic E-state index is 12.8. The Morgan fingerprint density at radius 3 is 2.58 bits per heavy atom. The van der Waals surface area contributed by atoms with Crippen LogP contribution in [0.15, 0.2) is 47.6 Å². The number of benzene rings is 1. The van der Waals surface area contributed by atoms with Crippen LogP contribution < -0.4 is 5.32 Å². The Kier molecular flexibility index (Phi) is 6.49. The van der Waals surface area contributed by atoms with Gasteiger partial charge in [-0.15, -0.1) is 5.10 Å². The molecule has 0 amide bonds. The van der Waals surface area contributed by atoms with Gasteiger partial charge in [0, 0.05) is 44.3 Å². The van der Waals surface area contributed by atoms with Crippen LogP contribution in [0, 0.1) is 17.8 Å². The van der Waals surface area contributed by atoms with Crippen molar-refractivity contribution in [1.29, 1.82) is 0 Å². The van der Waals surface area contributed by atoms with Gasteiger partial charge in [0.05, 0.1) is 6.67 Å². The lowest BCUT2D eigenvalue weighted by atomic mass is 10.1. The van der Waals surface area contributed by atoms with Crippen molar-refractivity contribution in [2.75, 3.05) is 31.5 Å². The molecule has 11 heteroatoms. The molecular formula is C20H24N6O2S3. The SMILES string of the molecule is Cc1ccc(Nc2nn(CN3CCN(S(=O)(=O)c4cccnc4)CC3)c(=S)s2)cc1C. The van der Waals surface area contributed by atoms with E-state index in [0.717, 1.165) is 10.8 Å². The highest BCUT2D eigenvalue weighted by Crippen LogP contribution is 2.23. The number of pyridine rings is 1. The molecule has 1 N–H and O–H groups in total. The van der Waals surface area contributed by atoms with E-state index in [-0.39, 0.29) is 4.90 Å². The first-order valence-electron chi connectivity index (χ1n) is 9.88. The summed E-state index contributed by atoms with van der Waals surface area (Å²) in [7, 11) is -3.51. The Labute approximate surface area is 191 Å². The molecule has 1 aromatic carbocycles. The van der Waals surface area contributed by atoms with Crippen LogP contribution in [0.3, 0.4) is 0 Å². The van der Waals surface area contributed by atoms with E-state index in [9.17, 15) is 8.42 Å². The summed E-state index contributed by atoms with van der Waals surface area (Å²) in [5.74, 6) is 0. The lowest BCUT2D eigenvalue weighted by Crippen LogP contribution is -2.48. The van der Waals surface area contributed by atoms with Gasteiger partial charge in [0.2, 0.25) is 15.2 Å². The number of hydrogen-bond acceptors (Lipinski definition) is 8. The molecule has 0 radical (unpaired) electrons. The van der Waals surface area contributed by atoms with E-state index < -0.39 is 10.0 Å². The van der Waals surface area contributed by atoms with Gasteiger partial charge >= 0.3 is 0 Å². The van der Waals surface area contributed by atoms with E-state index >= 15 is 0 Å². The Hall–Kier alpha value is -2.18. The van der Waals surface area contributed by atoms with Gasteiger partial charge in [-0.05, 0) is 61.5 Å². The van der Waals surface area contributed by atoms with Gasteiger partial charge in [-0.25, -0.2) is 13.1 Å². The van der Waals surface area contributed by atoms with Crippen molar-refractivity contribution in [2.45, 2.75) is 25.4 Å². The zero-order valence-electron chi connectivity index (χ0n) is 17.4. The van der Waals surface area contributed by atoms with Crippen molar-refractivity contribution < 1.29 is 8.42 Å². The Bertz CT molecular complexity index is 1220. The Balaban J connectivity index is 1.38. The summed E-state index contributed by atoms with van der Waals surface area (Å²) in [6, 6.07) is 9.40. The molecule has 0 saturated carbocycles. The molecule has 0 aliphatic carbocycles. The molecule has 1 aliphatic rings. The molecular weight excluding hydrogens is 452 g/mol. The second kappa shape index (κ2) is 9.13. The zero-order chi connectivity index (χ0) is 22.0. The van der Waals surface area contributed by atoms with Gasteiger partial charge in [0.1, 0.15) is 4.90 Å². The largest absolute Gasteiger partial charge is 0.330 e. The highest BCUT2D eigenvalue weighted by Gasteiger charge is 2.28. The summed E-state index contributed by atoms with van der Waals surface area (Å²) in [5.41, 5.74) is 3.44. The standard InChI is InChI=1S/C20H24N6O2S3/c1-15-5-6-17(12-16(15)2)22-19-23-26(20(29)30-19)14-24-8-10-25(11-9-24)31(27,28)18-4-3-7-21-13-18/h3-7,12-13H,8-11,14H2,1-2H3,(H,22,23). The van der Waals surface area contributed by atoms with Crippen LogP contribution in [-0.2, 0) is 16.7 Å². The summed E-state index contributed by atoms with van der Waals surface area (Å²) in [6.45, 7) is 6.75. The van der Waals surface area contributed by atoms with Gasteiger partial charge < -0.3 is 5.32 Å². The first kappa shape index (κ1) is 22.0. The Morgan fingerprint density at radius 1 is 1.13 bits per heavy atom. The predicted octanol–water partition coefficient (Wildman–Crippen LogP) is 3.39. The van der Waals surface area contributed by atoms with Crippen LogP contribution in [0.4, 0.5) is 10.8 Å². The van der Waals surface area contributed by atoms with Gasteiger partial charge in [-0.2, -0.15) is 4.31 Å². The topological polar surface area (TPSA) is 83.4 Å². The lowest BCUT2D eigenvalue weighted by molar-refractivity contribution is 0.145. The first-order valence-corrected chi connectivity index (χ1v) is 12.5. The lowest BCUT2D eigenvalue weighted by Gasteiger charge is -2.33. The summed E-state index contributed by atoms with van der Waals surface area (Å²) >= 11 is 6.92. The molecule has 0 unspecified atom stereocenters. The van der Waals surface area contributed by atoms with Crippen LogP contribution >= 0.6 is 23.6 Å². The number of hydrogen-bond donors (Lipinski definition) is 1. The molecule has 3 aromatic rings. The minimum absolute atomic E-state index is 0.229. The fraction of sp³-hybridized carbons (Fsp3) is 0.350. The third kappa shape index (κ3) is 5.01. The van der Waals surface area contributed by atoms with Crippen molar-refractivity contribution in [1.82, 2.24) is 24.0 Å². The second-order valence-electron chi connectivity index (χ2n) is 7.45. The molecule has 4 rings (SSSR count). The molecule has 2 aromatic heterocycles. The summed E-state index contributed by atoms with van der Waals surface area (Å²) in [5, 5.41) is 8.67. The highest BCUT2D eigenvalue weighted by molar-refractivity contribution is 7.89. The summed E-state index contributed by atoms with van der Waals surface area (Å²) < 4.78 is 29.5. The van der Waals surface area contributed by atoms with Crippen molar-refractivity contribution in [3.05, 3.63) is 57.8 Å². The van der Waals surface area contributed by atoms with E-state index in [1.165, 1.54) is 33.0 Å². The maximum Gasteiger partial charge on any atom is 0.244 e. The minimum atomic E-state index is -3.51. The third-order valence-electron chi connectivity index (χ3n) is 5.30. The van der Waals surface area contributed by atoms with Gasteiger partial charge in [0.15, 0.2) is 3.95 Å². The van der Waals surface area contributed by atoms with Crippen LogP contribution in [0.25, 0.3) is 0 Å². The van der Waals surface area contributed by atoms with E-state index in [0.29, 0.717) is 36.8 Å². The molecule has 1 aliphatic heterocycles. The summed E-state index contributed by atoms with van der Waals surface area (Å²) in [4.78, 5) is 6.31. The van der Waals surface area contributed by atoms with Gasteiger partial charge in [0.25, 0.3) is 0 Å². The number of aromatic nitrogens is 3. The monoisotopic (exact) mass is 476 g/mol. The van der Waals surface area contributed by atoms with Crippen LogP contribution in [0.1, 0.15) is 11.1 Å². The zero-order valence-corrected chi connectivity index (χ0v) is 19.8. The van der Waals surface area contributed by atoms with E-state index in [4.69, 9.17) is 12.2 Å². The molecule has 164 valence electrons. The normalized spacial score (nSPS) is 15.8. The van der Waals surface area contributed by atoms with Crippen LogP contribution in [0.2, 0.25) is 0 Å². The molecule has 1 saturated heterocycles. The fourth-order valence-corrected chi connectivity index (χ4v) is 5.74. The smallest absolute Gasteiger partial charge is 0.244 e. The van der Waals surface area contributed by atoms with Gasteiger partial charge in [-0.1, -0.05) is 17.4 Å². The quantitative estimate of drug-likeness (QED) is 0.546. The molecule has 8 nitrogen and oxygen atoms in total. The number of nitrogens with one attached hydrogen (secondary N) is 1. The predicted molar refractivity (Wildman–Crippen MR) is 125 cm³/mol. The fourth-order valence-electron chi connectivity index (χ4n) is 3.34. The molecule has 31 heavy (non-hydrogen) atoms. The van der Waals surface area contributed by atoms with Crippen LogP contribution in [0.5, 0.6) is 0 Å². The number of aryl methyl sites for hydroxylation is 2. The molecule has 1 fully saturated rings. The number of nitrogens with zero attached hydrogens (tertiary/aromatic N) is 5. The second-order valence-corrected chi connectivity index (χ2v) is 11.0. The molecule has 3 heterocycles. The average Bonchev–Trinajstić information content (AvgIpc) is 3.10. The molecule has 0 bridgehead atoms. The number of sulfonamides is 1. The first-order chi connectivity index (χ1) is 14.8. The van der Waals surface area contributed by atoms with Crippen molar-refractivity contribution in [2.24, 2.45) is 0 Å². The maximum absolute atomic E-state index is 12.8. The van der Waals surface area contributed by atoms with Crippen molar-refractivity contribution in [3.8, 4) is 0 Å². The van der Waals surface area contributed by atoms with Crippen LogP contribution in [-0.4, -0.2) is 58.6 Å². The summed E-state index contributed by atoms with van der Waals surface area (Å²) in [6.07, 6.45) is 2.96. The third-order valence-corrected chi connectivity index (χ3v) is 8.41. The highest BCUT2D eigenvalue weighted by atomic mass is 32.2. The number of rotatable bonds is 6. The van der Waals surface area contributed by atoms with Gasteiger partial charge in [-0.3, -0.25) is 9.88 Å².